The van der Waals surface area contributed by atoms with E-state index in [1.54, 1.807) is 10.9 Å². The molecule has 0 aliphatic rings. The third-order valence-electron chi connectivity index (χ3n) is 3.59. The predicted octanol–water partition coefficient (Wildman–Crippen LogP) is 4.62. The van der Waals surface area contributed by atoms with Gasteiger partial charge in [-0.25, -0.2) is 0 Å². The highest BCUT2D eigenvalue weighted by atomic mass is 35.5. The number of H-pyrrole nitrogens is 1. The Labute approximate surface area is 155 Å². The molecule has 25 heavy (non-hydrogen) atoms. The maximum Gasteiger partial charge on any atom is 0.216 e. The van der Waals surface area contributed by atoms with Gasteiger partial charge in [0, 0.05) is 17.0 Å². The van der Waals surface area contributed by atoms with Crippen molar-refractivity contribution >= 4 is 30.0 Å². The number of aryl methyl sites for hydroxylation is 1. The molecule has 1 heterocycles. The van der Waals surface area contributed by atoms with Gasteiger partial charge in [0.05, 0.1) is 6.21 Å². The van der Waals surface area contributed by atoms with E-state index in [1.165, 1.54) is 0 Å². The molecule has 3 rings (SSSR count). The van der Waals surface area contributed by atoms with Crippen molar-refractivity contribution in [2.24, 2.45) is 5.10 Å². The fraction of sp³-hybridized carbons (Fsp3) is 0.167. The van der Waals surface area contributed by atoms with Gasteiger partial charge in [0.1, 0.15) is 12.4 Å². The molecule has 2 aromatic carbocycles. The van der Waals surface area contributed by atoms with Crippen LogP contribution in [-0.4, -0.2) is 21.1 Å². The smallest absolute Gasteiger partial charge is 0.216 e. The topological polar surface area (TPSA) is 55.2 Å². The van der Waals surface area contributed by atoms with Crippen molar-refractivity contribution in [3.63, 3.8) is 0 Å². The van der Waals surface area contributed by atoms with E-state index in [0.29, 0.717) is 16.4 Å². The van der Waals surface area contributed by atoms with E-state index in [-0.39, 0.29) is 0 Å². The van der Waals surface area contributed by atoms with E-state index in [2.05, 4.69) is 15.3 Å². The highest BCUT2D eigenvalue weighted by Gasteiger charge is 2.02. The molecule has 0 saturated carbocycles. The van der Waals surface area contributed by atoms with Crippen LogP contribution in [0.3, 0.4) is 0 Å². The van der Waals surface area contributed by atoms with Gasteiger partial charge in [-0.1, -0.05) is 36.7 Å². The molecule has 0 aliphatic heterocycles. The first kappa shape index (κ1) is 17.4. The first-order chi connectivity index (χ1) is 12.2. The lowest BCUT2D eigenvalue weighted by Gasteiger charge is -2.07. The molecule has 1 aromatic heterocycles. The number of aromatic amines is 1. The molecule has 0 spiro atoms. The summed E-state index contributed by atoms with van der Waals surface area (Å²) in [4.78, 5) is 0. The maximum atomic E-state index is 6.13. The molecule has 7 heteroatoms. The summed E-state index contributed by atoms with van der Waals surface area (Å²) in [6.07, 6.45) is 2.49. The molecule has 0 fully saturated rings. The molecule has 0 saturated heterocycles. The summed E-state index contributed by atoms with van der Waals surface area (Å²) in [7, 11) is 0. The van der Waals surface area contributed by atoms with Gasteiger partial charge in [-0.15, -0.1) is 0 Å². The molecular weight excluding hydrogens is 356 g/mol. The SMILES string of the molecule is CCc1n[nH]c(=S)n1/N=C\c1ccc(OCc2ccccc2Cl)cc1. The fourth-order valence-corrected chi connectivity index (χ4v) is 2.61. The molecule has 0 radical (unpaired) electrons. The van der Waals surface area contributed by atoms with Crippen LogP contribution < -0.4 is 4.74 Å². The first-order valence-electron chi connectivity index (χ1n) is 7.84. The van der Waals surface area contributed by atoms with Crippen LogP contribution >= 0.6 is 23.8 Å². The standard InChI is InChI=1S/C18H17ClN4OS/c1-2-17-21-22-18(25)23(17)20-11-13-7-9-15(10-8-13)24-12-14-5-3-4-6-16(14)19/h3-11H,2,12H2,1H3,(H,22,25)/b20-11-. The average Bonchev–Trinajstić information content (AvgIpc) is 3.00. The van der Waals surface area contributed by atoms with Crippen LogP contribution in [0.2, 0.25) is 5.02 Å². The highest BCUT2D eigenvalue weighted by molar-refractivity contribution is 7.71. The van der Waals surface area contributed by atoms with Crippen molar-refractivity contribution < 1.29 is 4.74 Å². The molecule has 5 nitrogen and oxygen atoms in total. The van der Waals surface area contributed by atoms with Crippen molar-refractivity contribution in [3.05, 3.63) is 75.3 Å². The van der Waals surface area contributed by atoms with Crippen molar-refractivity contribution in [1.29, 1.82) is 0 Å². The molecule has 128 valence electrons. The van der Waals surface area contributed by atoms with Crippen LogP contribution in [0.1, 0.15) is 23.9 Å². The predicted molar refractivity (Wildman–Crippen MR) is 102 cm³/mol. The van der Waals surface area contributed by atoms with Gasteiger partial charge in [-0.05, 0) is 48.1 Å². The number of hydrogen-bond donors (Lipinski definition) is 1. The Balaban J connectivity index is 1.66. The second-order valence-corrected chi connectivity index (χ2v) is 6.10. The zero-order valence-corrected chi connectivity index (χ0v) is 15.2. The van der Waals surface area contributed by atoms with Crippen molar-refractivity contribution in [2.75, 3.05) is 0 Å². The lowest BCUT2D eigenvalue weighted by molar-refractivity contribution is 0.306. The molecule has 3 aromatic rings. The molecular formula is C18H17ClN4OS. The number of hydrogen-bond acceptors (Lipinski definition) is 4. The summed E-state index contributed by atoms with van der Waals surface area (Å²) >= 11 is 11.3. The zero-order valence-electron chi connectivity index (χ0n) is 13.6. The van der Waals surface area contributed by atoms with Crippen LogP contribution in [0.25, 0.3) is 0 Å². The monoisotopic (exact) mass is 372 g/mol. The largest absolute Gasteiger partial charge is 0.489 e. The number of aromatic nitrogens is 3. The van der Waals surface area contributed by atoms with Crippen LogP contribution in [0.15, 0.2) is 53.6 Å². The van der Waals surface area contributed by atoms with Crippen molar-refractivity contribution in [1.82, 2.24) is 14.9 Å². The van der Waals surface area contributed by atoms with Gasteiger partial charge in [-0.2, -0.15) is 14.9 Å². The summed E-state index contributed by atoms with van der Waals surface area (Å²) in [6.45, 7) is 2.43. The summed E-state index contributed by atoms with van der Waals surface area (Å²) in [5, 5.41) is 11.9. The van der Waals surface area contributed by atoms with Gasteiger partial charge in [0.25, 0.3) is 0 Å². The molecule has 0 bridgehead atoms. The zero-order chi connectivity index (χ0) is 17.6. The number of halogens is 1. The van der Waals surface area contributed by atoms with Gasteiger partial charge in [0.2, 0.25) is 4.77 Å². The second kappa shape index (κ2) is 8.09. The Morgan fingerprint density at radius 1 is 1.24 bits per heavy atom. The maximum absolute atomic E-state index is 6.13. The number of ether oxygens (including phenoxy) is 1. The number of rotatable bonds is 6. The van der Waals surface area contributed by atoms with Crippen molar-refractivity contribution in [2.45, 2.75) is 20.0 Å². The van der Waals surface area contributed by atoms with E-state index in [9.17, 15) is 0 Å². The van der Waals surface area contributed by atoms with Gasteiger partial charge in [0.15, 0.2) is 5.82 Å². The molecule has 1 N–H and O–H groups in total. The van der Waals surface area contributed by atoms with E-state index < -0.39 is 0 Å². The molecule has 0 unspecified atom stereocenters. The minimum absolute atomic E-state index is 0.428. The highest BCUT2D eigenvalue weighted by Crippen LogP contribution is 2.18. The third-order valence-corrected chi connectivity index (χ3v) is 4.22. The Hall–Kier alpha value is -2.44. The minimum atomic E-state index is 0.428. The first-order valence-corrected chi connectivity index (χ1v) is 8.63. The van der Waals surface area contributed by atoms with Gasteiger partial charge >= 0.3 is 0 Å². The number of benzene rings is 2. The lowest BCUT2D eigenvalue weighted by atomic mass is 10.2. The van der Waals surface area contributed by atoms with E-state index in [0.717, 1.165) is 29.1 Å². The summed E-state index contributed by atoms with van der Waals surface area (Å²) in [5.74, 6) is 1.56. The average molecular weight is 373 g/mol. The van der Waals surface area contributed by atoms with Crippen LogP contribution in [0, 0.1) is 4.77 Å². The molecule has 0 amide bonds. The van der Waals surface area contributed by atoms with Gasteiger partial charge < -0.3 is 4.74 Å². The van der Waals surface area contributed by atoms with Crippen molar-refractivity contribution in [3.8, 4) is 5.75 Å². The molecule has 0 atom stereocenters. The number of nitrogens with one attached hydrogen (secondary N) is 1. The Morgan fingerprint density at radius 2 is 2.00 bits per heavy atom. The summed E-state index contributed by atoms with van der Waals surface area (Å²) in [5.41, 5.74) is 1.89. The van der Waals surface area contributed by atoms with E-state index in [4.69, 9.17) is 28.6 Å². The van der Waals surface area contributed by atoms with E-state index in [1.807, 2.05) is 55.5 Å². The minimum Gasteiger partial charge on any atom is -0.489 e. The van der Waals surface area contributed by atoms with Crippen LogP contribution in [0.4, 0.5) is 0 Å². The molecule has 0 aliphatic carbocycles. The number of nitrogens with zero attached hydrogens (tertiary/aromatic N) is 3. The fourth-order valence-electron chi connectivity index (χ4n) is 2.22. The Bertz CT molecular complexity index is 931. The quantitative estimate of drug-likeness (QED) is 0.507. The second-order valence-electron chi connectivity index (χ2n) is 5.30. The summed E-state index contributed by atoms with van der Waals surface area (Å²) < 4.78 is 7.87. The van der Waals surface area contributed by atoms with Crippen LogP contribution in [0.5, 0.6) is 5.75 Å². The lowest BCUT2D eigenvalue weighted by Crippen LogP contribution is -1.98. The normalized spacial score (nSPS) is 11.1. The van der Waals surface area contributed by atoms with E-state index >= 15 is 0 Å². The van der Waals surface area contributed by atoms with Crippen LogP contribution in [-0.2, 0) is 13.0 Å². The van der Waals surface area contributed by atoms with Gasteiger partial charge in [-0.3, -0.25) is 5.10 Å². The Morgan fingerprint density at radius 3 is 2.72 bits per heavy atom. The third kappa shape index (κ3) is 4.35. The summed E-state index contributed by atoms with van der Waals surface area (Å²) in [6, 6.07) is 15.3. The Kier molecular flexibility index (Phi) is 5.63.